The number of nitrogens with zero attached hydrogens (tertiary/aromatic N) is 1. The highest BCUT2D eigenvalue weighted by molar-refractivity contribution is 6.30. The van der Waals surface area contributed by atoms with Gasteiger partial charge in [0.05, 0.1) is 5.56 Å². The second-order valence-corrected chi connectivity index (χ2v) is 6.25. The van der Waals surface area contributed by atoms with Gasteiger partial charge in [-0.05, 0) is 42.8 Å². The molecule has 138 valence electrons. The molecule has 1 heterocycles. The molecular weight excluding hydrogens is 366 g/mol. The summed E-state index contributed by atoms with van der Waals surface area (Å²) in [4.78, 5) is 31.9. The molecule has 0 saturated heterocycles. The van der Waals surface area contributed by atoms with E-state index in [9.17, 15) is 9.59 Å². The van der Waals surface area contributed by atoms with Crippen molar-refractivity contribution in [3.8, 4) is 11.4 Å². The molecule has 0 aliphatic rings. The second kappa shape index (κ2) is 8.51. The number of esters is 1. The lowest BCUT2D eigenvalue weighted by molar-refractivity contribution is -0.124. The van der Waals surface area contributed by atoms with Gasteiger partial charge in [0.15, 0.2) is 6.10 Å². The molecule has 0 fully saturated rings. The highest BCUT2D eigenvalue weighted by atomic mass is 35.5. The van der Waals surface area contributed by atoms with E-state index in [1.165, 1.54) is 0 Å². The molecule has 0 aliphatic carbocycles. The van der Waals surface area contributed by atoms with Crippen LogP contribution >= 0.6 is 11.6 Å². The number of anilines is 1. The smallest absolute Gasteiger partial charge is 0.338 e. The highest BCUT2D eigenvalue weighted by Crippen LogP contribution is 2.17. The highest BCUT2D eigenvalue weighted by Gasteiger charge is 2.22. The molecule has 3 aromatic rings. The van der Waals surface area contributed by atoms with Crippen LogP contribution in [0.1, 0.15) is 23.7 Å². The van der Waals surface area contributed by atoms with Crippen LogP contribution in [0.15, 0.2) is 60.9 Å². The number of aromatic nitrogens is 2. The standard InChI is InChI=1S/C20H18ClN3O3/c1-2-17(19(25)24-16-9-7-15(21)8-10-16)27-20(26)14-5-3-13(4-6-14)18-22-11-12-23-18/h3-12,17H,2H2,1H3,(H,22,23)(H,24,25). The normalized spacial score (nSPS) is 11.6. The van der Waals surface area contributed by atoms with Crippen molar-refractivity contribution in [1.82, 2.24) is 9.97 Å². The molecule has 1 amide bonds. The average molecular weight is 384 g/mol. The lowest BCUT2D eigenvalue weighted by atomic mass is 10.1. The van der Waals surface area contributed by atoms with Gasteiger partial charge in [-0.15, -0.1) is 0 Å². The molecule has 3 rings (SSSR count). The van der Waals surface area contributed by atoms with E-state index in [0.717, 1.165) is 5.56 Å². The minimum atomic E-state index is -0.891. The number of carbonyl (C=O) groups excluding carboxylic acids is 2. The van der Waals surface area contributed by atoms with E-state index in [2.05, 4.69) is 15.3 Å². The third-order valence-electron chi connectivity index (χ3n) is 3.92. The Bertz CT molecular complexity index is 907. The van der Waals surface area contributed by atoms with Crippen molar-refractivity contribution in [2.24, 2.45) is 0 Å². The van der Waals surface area contributed by atoms with Crippen molar-refractivity contribution >= 4 is 29.2 Å². The summed E-state index contributed by atoms with van der Waals surface area (Å²) >= 11 is 5.83. The van der Waals surface area contributed by atoms with Gasteiger partial charge in [-0.1, -0.05) is 30.7 Å². The molecule has 6 nitrogen and oxygen atoms in total. The maximum absolute atomic E-state index is 12.4. The number of benzene rings is 2. The number of amides is 1. The average Bonchev–Trinajstić information content (AvgIpc) is 3.22. The maximum atomic E-state index is 12.4. The summed E-state index contributed by atoms with van der Waals surface area (Å²) in [6.45, 7) is 1.78. The fourth-order valence-electron chi connectivity index (χ4n) is 2.46. The van der Waals surface area contributed by atoms with Gasteiger partial charge in [0, 0.05) is 28.7 Å². The van der Waals surface area contributed by atoms with Gasteiger partial charge in [0.2, 0.25) is 0 Å². The summed E-state index contributed by atoms with van der Waals surface area (Å²) in [7, 11) is 0. The Morgan fingerprint density at radius 2 is 1.85 bits per heavy atom. The maximum Gasteiger partial charge on any atom is 0.338 e. The molecule has 0 bridgehead atoms. The van der Waals surface area contributed by atoms with E-state index in [1.807, 2.05) is 0 Å². The zero-order valence-electron chi connectivity index (χ0n) is 14.6. The number of hydrogen-bond donors (Lipinski definition) is 2. The second-order valence-electron chi connectivity index (χ2n) is 5.81. The SMILES string of the molecule is CCC(OC(=O)c1ccc(-c2ncc[nH]2)cc1)C(=O)Nc1ccc(Cl)cc1. The van der Waals surface area contributed by atoms with Gasteiger partial charge in [0.1, 0.15) is 5.82 Å². The first-order valence-corrected chi connectivity index (χ1v) is 8.82. The molecule has 2 N–H and O–H groups in total. The van der Waals surface area contributed by atoms with Crippen molar-refractivity contribution in [2.75, 3.05) is 5.32 Å². The largest absolute Gasteiger partial charge is 0.449 e. The monoisotopic (exact) mass is 383 g/mol. The van der Waals surface area contributed by atoms with Crippen LogP contribution in [0.3, 0.4) is 0 Å². The number of nitrogens with one attached hydrogen (secondary N) is 2. The van der Waals surface area contributed by atoms with Crippen LogP contribution in [0.5, 0.6) is 0 Å². The zero-order valence-corrected chi connectivity index (χ0v) is 15.4. The Morgan fingerprint density at radius 3 is 2.44 bits per heavy atom. The molecule has 1 unspecified atom stereocenters. The molecule has 2 aromatic carbocycles. The fourth-order valence-corrected chi connectivity index (χ4v) is 2.59. The first-order chi connectivity index (χ1) is 13.1. The molecular formula is C20H18ClN3O3. The molecule has 27 heavy (non-hydrogen) atoms. The predicted octanol–water partition coefficient (Wildman–Crippen LogP) is 4.30. The number of aromatic amines is 1. The molecule has 1 atom stereocenters. The number of halogens is 1. The van der Waals surface area contributed by atoms with Crippen molar-refractivity contribution in [2.45, 2.75) is 19.4 Å². The van der Waals surface area contributed by atoms with Crippen LogP contribution in [-0.2, 0) is 9.53 Å². The predicted molar refractivity (Wildman–Crippen MR) is 104 cm³/mol. The first kappa shape index (κ1) is 18.7. The van der Waals surface area contributed by atoms with Gasteiger partial charge >= 0.3 is 5.97 Å². The summed E-state index contributed by atoms with van der Waals surface area (Å²) in [5.74, 6) is -0.233. The molecule has 0 spiro atoms. The summed E-state index contributed by atoms with van der Waals surface area (Å²) in [6.07, 6.45) is 2.85. The van der Waals surface area contributed by atoms with E-state index in [-0.39, 0.29) is 5.91 Å². The molecule has 7 heteroatoms. The Hall–Kier alpha value is -3.12. The van der Waals surface area contributed by atoms with Crippen LogP contribution in [0.2, 0.25) is 5.02 Å². The van der Waals surface area contributed by atoms with E-state index < -0.39 is 12.1 Å². The number of rotatable bonds is 6. The summed E-state index contributed by atoms with van der Waals surface area (Å²) in [6, 6.07) is 13.5. The number of hydrogen-bond acceptors (Lipinski definition) is 4. The van der Waals surface area contributed by atoms with Gasteiger partial charge in [0.25, 0.3) is 5.91 Å². The third-order valence-corrected chi connectivity index (χ3v) is 4.17. The van der Waals surface area contributed by atoms with Crippen LogP contribution < -0.4 is 5.32 Å². The zero-order chi connectivity index (χ0) is 19.2. The minimum Gasteiger partial charge on any atom is -0.449 e. The van der Waals surface area contributed by atoms with Crippen LogP contribution in [0.25, 0.3) is 11.4 Å². The van der Waals surface area contributed by atoms with Gasteiger partial charge in [-0.2, -0.15) is 0 Å². The van der Waals surface area contributed by atoms with Crippen LogP contribution in [-0.4, -0.2) is 27.9 Å². The Balaban J connectivity index is 1.63. The van der Waals surface area contributed by atoms with Crippen LogP contribution in [0.4, 0.5) is 5.69 Å². The Kier molecular flexibility index (Phi) is 5.88. The minimum absolute atomic E-state index is 0.357. The number of ether oxygens (including phenoxy) is 1. The molecule has 0 saturated carbocycles. The van der Waals surface area contributed by atoms with E-state index in [0.29, 0.717) is 28.5 Å². The molecule has 0 radical (unpaired) electrons. The third kappa shape index (κ3) is 4.74. The Morgan fingerprint density at radius 1 is 1.15 bits per heavy atom. The van der Waals surface area contributed by atoms with Crippen LogP contribution in [0, 0.1) is 0 Å². The molecule has 1 aromatic heterocycles. The first-order valence-electron chi connectivity index (χ1n) is 8.44. The Labute approximate surface area is 161 Å². The van der Waals surface area contributed by atoms with Crippen molar-refractivity contribution in [3.05, 3.63) is 71.5 Å². The van der Waals surface area contributed by atoms with E-state index in [4.69, 9.17) is 16.3 Å². The van der Waals surface area contributed by atoms with E-state index >= 15 is 0 Å². The van der Waals surface area contributed by atoms with Gasteiger partial charge in [-0.25, -0.2) is 9.78 Å². The number of H-pyrrole nitrogens is 1. The summed E-state index contributed by atoms with van der Waals surface area (Å²) < 4.78 is 5.37. The van der Waals surface area contributed by atoms with Gasteiger partial charge in [-0.3, -0.25) is 4.79 Å². The number of imidazole rings is 1. The van der Waals surface area contributed by atoms with Crippen molar-refractivity contribution in [3.63, 3.8) is 0 Å². The fraction of sp³-hybridized carbons (Fsp3) is 0.150. The summed E-state index contributed by atoms with van der Waals surface area (Å²) in [5, 5.41) is 3.29. The number of carbonyl (C=O) groups is 2. The van der Waals surface area contributed by atoms with Crippen molar-refractivity contribution < 1.29 is 14.3 Å². The quantitative estimate of drug-likeness (QED) is 0.621. The van der Waals surface area contributed by atoms with E-state index in [1.54, 1.807) is 67.8 Å². The summed E-state index contributed by atoms with van der Waals surface area (Å²) in [5.41, 5.74) is 1.80. The van der Waals surface area contributed by atoms with Gasteiger partial charge < -0.3 is 15.0 Å². The topological polar surface area (TPSA) is 84.1 Å². The lowest BCUT2D eigenvalue weighted by Gasteiger charge is -2.16. The van der Waals surface area contributed by atoms with Crippen molar-refractivity contribution in [1.29, 1.82) is 0 Å². The molecule has 0 aliphatic heterocycles. The lowest BCUT2D eigenvalue weighted by Crippen LogP contribution is -2.32.